The molecular formula is C18H26N6O3S. The number of thioether (sulfide) groups is 1. The van der Waals surface area contributed by atoms with Crippen molar-refractivity contribution >= 4 is 34.7 Å². The summed E-state index contributed by atoms with van der Waals surface area (Å²) in [6.07, 6.45) is 6.63. The topological polar surface area (TPSA) is 108 Å². The number of rotatable bonds is 5. The van der Waals surface area contributed by atoms with Crippen LogP contribution in [0.3, 0.4) is 0 Å². The van der Waals surface area contributed by atoms with Crippen LogP contribution in [0.4, 0.5) is 5.82 Å². The lowest BCUT2D eigenvalue weighted by Crippen LogP contribution is -2.37. The SMILES string of the molecule is CSC[C@H]1O[C@@H](n2cnc3c(N)ncnc32)C[C@@H]1OC(=O)C1CCN(C)CC1. The third-order valence-corrected chi connectivity index (χ3v) is 6.19. The van der Waals surface area contributed by atoms with E-state index in [0.29, 0.717) is 23.4 Å². The van der Waals surface area contributed by atoms with Gasteiger partial charge in [-0.25, -0.2) is 15.0 Å². The second-order valence-electron chi connectivity index (χ2n) is 7.46. The lowest BCUT2D eigenvalue weighted by molar-refractivity contribution is -0.157. The molecule has 2 aromatic rings. The Kier molecular flexibility index (Phi) is 5.70. The molecule has 0 bridgehead atoms. The van der Waals surface area contributed by atoms with Gasteiger partial charge in [-0.05, 0) is 39.2 Å². The summed E-state index contributed by atoms with van der Waals surface area (Å²) in [5, 5.41) is 0. The fourth-order valence-electron chi connectivity index (χ4n) is 3.88. The first-order valence-corrected chi connectivity index (χ1v) is 10.9. The summed E-state index contributed by atoms with van der Waals surface area (Å²) < 4.78 is 14.0. The lowest BCUT2D eigenvalue weighted by Gasteiger charge is -2.29. The van der Waals surface area contributed by atoms with Gasteiger partial charge < -0.3 is 20.1 Å². The minimum Gasteiger partial charge on any atom is -0.459 e. The first-order chi connectivity index (χ1) is 13.6. The minimum absolute atomic E-state index is 0.0215. The summed E-state index contributed by atoms with van der Waals surface area (Å²) in [6, 6.07) is 0. The van der Waals surface area contributed by atoms with E-state index < -0.39 is 0 Å². The van der Waals surface area contributed by atoms with Crippen LogP contribution in [0.25, 0.3) is 11.2 Å². The molecule has 2 aliphatic heterocycles. The number of imidazole rings is 1. The van der Waals surface area contributed by atoms with Crippen LogP contribution in [-0.4, -0.2) is 74.7 Å². The highest BCUT2D eigenvalue weighted by Crippen LogP contribution is 2.35. The zero-order chi connectivity index (χ0) is 19.7. The van der Waals surface area contributed by atoms with Gasteiger partial charge in [0.1, 0.15) is 30.3 Å². The molecule has 0 amide bonds. The third-order valence-electron chi connectivity index (χ3n) is 5.53. The first kappa shape index (κ1) is 19.4. The van der Waals surface area contributed by atoms with Crippen LogP contribution in [0.15, 0.2) is 12.7 Å². The standard InChI is InChI=1S/C18H26N6O3S/c1-23-5-3-11(4-6-23)18(25)27-12-7-14(26-13(12)8-28-2)24-10-22-15-16(19)20-9-21-17(15)24/h9-14H,3-8H2,1-2H3,(H2,19,20,21)/t12-,13+,14+/m0/s1. The van der Waals surface area contributed by atoms with Gasteiger partial charge in [0.25, 0.3) is 0 Å². The van der Waals surface area contributed by atoms with Crippen LogP contribution in [0.2, 0.25) is 0 Å². The smallest absolute Gasteiger partial charge is 0.309 e. The van der Waals surface area contributed by atoms with Crippen molar-refractivity contribution < 1.29 is 14.3 Å². The van der Waals surface area contributed by atoms with E-state index in [2.05, 4.69) is 26.9 Å². The predicted molar refractivity (Wildman–Crippen MR) is 107 cm³/mol. The van der Waals surface area contributed by atoms with Crippen LogP contribution in [0.5, 0.6) is 0 Å². The van der Waals surface area contributed by atoms with Gasteiger partial charge in [-0.3, -0.25) is 9.36 Å². The average Bonchev–Trinajstić information content (AvgIpc) is 3.28. The van der Waals surface area contributed by atoms with Gasteiger partial charge in [-0.15, -0.1) is 0 Å². The number of esters is 1. The number of aromatic nitrogens is 4. The Morgan fingerprint density at radius 3 is 2.89 bits per heavy atom. The summed E-state index contributed by atoms with van der Waals surface area (Å²) in [5.41, 5.74) is 7.07. The molecule has 2 saturated heterocycles. The molecule has 10 heteroatoms. The highest BCUT2D eigenvalue weighted by atomic mass is 32.2. The van der Waals surface area contributed by atoms with E-state index in [1.807, 2.05) is 10.8 Å². The van der Waals surface area contributed by atoms with E-state index in [-0.39, 0.29) is 30.3 Å². The van der Waals surface area contributed by atoms with Gasteiger partial charge in [-0.1, -0.05) is 0 Å². The number of nitrogen functional groups attached to an aromatic ring is 1. The molecule has 0 aromatic carbocycles. The molecule has 2 aromatic heterocycles. The molecule has 2 aliphatic rings. The summed E-state index contributed by atoms with van der Waals surface area (Å²) in [6.45, 7) is 1.86. The Morgan fingerprint density at radius 2 is 2.14 bits per heavy atom. The van der Waals surface area contributed by atoms with Crippen LogP contribution in [0, 0.1) is 5.92 Å². The Morgan fingerprint density at radius 1 is 1.36 bits per heavy atom. The molecule has 2 N–H and O–H groups in total. The summed E-state index contributed by atoms with van der Waals surface area (Å²) in [5.74, 6) is 0.973. The maximum absolute atomic E-state index is 12.7. The number of carbonyl (C=O) groups excluding carboxylic acids is 1. The van der Waals surface area contributed by atoms with Crippen molar-refractivity contribution in [2.24, 2.45) is 5.92 Å². The van der Waals surface area contributed by atoms with E-state index in [1.54, 1.807) is 18.1 Å². The molecule has 9 nitrogen and oxygen atoms in total. The van der Waals surface area contributed by atoms with Crippen LogP contribution >= 0.6 is 11.8 Å². The zero-order valence-electron chi connectivity index (χ0n) is 16.2. The van der Waals surface area contributed by atoms with Crippen molar-refractivity contribution in [2.75, 3.05) is 37.9 Å². The van der Waals surface area contributed by atoms with Gasteiger partial charge >= 0.3 is 5.97 Å². The van der Waals surface area contributed by atoms with Crippen molar-refractivity contribution in [1.29, 1.82) is 0 Å². The molecule has 4 rings (SSSR count). The molecule has 0 saturated carbocycles. The predicted octanol–water partition coefficient (Wildman–Crippen LogP) is 1.31. The number of carbonyl (C=O) groups is 1. The van der Waals surface area contributed by atoms with Gasteiger partial charge in [-0.2, -0.15) is 11.8 Å². The fraction of sp³-hybridized carbons (Fsp3) is 0.667. The van der Waals surface area contributed by atoms with E-state index >= 15 is 0 Å². The second-order valence-corrected chi connectivity index (χ2v) is 8.37. The largest absolute Gasteiger partial charge is 0.459 e. The fourth-order valence-corrected chi connectivity index (χ4v) is 4.50. The van der Waals surface area contributed by atoms with Gasteiger partial charge in [0.05, 0.1) is 12.2 Å². The molecule has 0 spiro atoms. The van der Waals surface area contributed by atoms with E-state index in [0.717, 1.165) is 31.7 Å². The Balaban J connectivity index is 1.48. The number of nitrogens with zero attached hydrogens (tertiary/aromatic N) is 5. The van der Waals surface area contributed by atoms with Crippen LogP contribution < -0.4 is 5.73 Å². The summed E-state index contributed by atoms with van der Waals surface area (Å²) >= 11 is 1.68. The molecule has 0 radical (unpaired) electrons. The molecule has 4 heterocycles. The third kappa shape index (κ3) is 3.81. The van der Waals surface area contributed by atoms with Crippen LogP contribution in [0.1, 0.15) is 25.5 Å². The Labute approximate surface area is 168 Å². The highest BCUT2D eigenvalue weighted by molar-refractivity contribution is 7.98. The van der Waals surface area contributed by atoms with Gasteiger partial charge in [0.2, 0.25) is 0 Å². The van der Waals surface area contributed by atoms with E-state index in [4.69, 9.17) is 15.2 Å². The second kappa shape index (κ2) is 8.22. The van der Waals surface area contributed by atoms with Crippen molar-refractivity contribution in [3.05, 3.63) is 12.7 Å². The number of hydrogen-bond acceptors (Lipinski definition) is 9. The molecule has 28 heavy (non-hydrogen) atoms. The Bertz CT molecular complexity index is 838. The number of piperidine rings is 1. The van der Waals surface area contributed by atoms with Crippen LogP contribution in [-0.2, 0) is 14.3 Å². The maximum Gasteiger partial charge on any atom is 0.309 e. The lowest BCUT2D eigenvalue weighted by atomic mass is 9.97. The monoisotopic (exact) mass is 406 g/mol. The van der Waals surface area contributed by atoms with E-state index in [9.17, 15) is 4.79 Å². The Hall–Kier alpha value is -1.91. The van der Waals surface area contributed by atoms with Crippen molar-refractivity contribution in [3.63, 3.8) is 0 Å². The number of hydrogen-bond donors (Lipinski definition) is 1. The van der Waals surface area contributed by atoms with Gasteiger partial charge in [0.15, 0.2) is 11.5 Å². The number of likely N-dealkylation sites (tertiary alicyclic amines) is 1. The molecule has 0 aliphatic carbocycles. The first-order valence-electron chi connectivity index (χ1n) is 9.53. The zero-order valence-corrected chi connectivity index (χ0v) is 17.0. The maximum atomic E-state index is 12.7. The highest BCUT2D eigenvalue weighted by Gasteiger charge is 2.40. The summed E-state index contributed by atoms with van der Waals surface area (Å²) in [7, 11) is 2.08. The van der Waals surface area contributed by atoms with Crippen molar-refractivity contribution in [1.82, 2.24) is 24.4 Å². The number of ether oxygens (including phenoxy) is 2. The molecule has 152 valence electrons. The molecule has 0 unspecified atom stereocenters. The number of nitrogens with two attached hydrogens (primary N) is 1. The number of fused-ring (bicyclic) bond motifs is 1. The molecule has 3 atom stereocenters. The normalized spacial score (nSPS) is 26.7. The summed E-state index contributed by atoms with van der Waals surface area (Å²) in [4.78, 5) is 27.5. The van der Waals surface area contributed by atoms with Gasteiger partial charge in [0, 0.05) is 12.2 Å². The molecular weight excluding hydrogens is 380 g/mol. The van der Waals surface area contributed by atoms with Crippen molar-refractivity contribution in [3.8, 4) is 0 Å². The minimum atomic E-state index is -0.299. The number of anilines is 1. The quantitative estimate of drug-likeness (QED) is 0.735. The van der Waals surface area contributed by atoms with Crippen molar-refractivity contribution in [2.45, 2.75) is 37.7 Å². The molecule has 2 fully saturated rings. The average molecular weight is 407 g/mol. The van der Waals surface area contributed by atoms with E-state index in [1.165, 1.54) is 6.33 Å².